The molecule has 0 heterocycles. The Bertz CT molecular complexity index is 374. The molecule has 0 spiro atoms. The number of hydrogen-bond acceptors (Lipinski definition) is 3. The van der Waals surface area contributed by atoms with E-state index in [2.05, 4.69) is 11.9 Å². The fourth-order valence-corrected chi connectivity index (χ4v) is 1.37. The molecule has 1 rings (SSSR count). The lowest BCUT2D eigenvalue weighted by atomic mass is 10.1. The Morgan fingerprint density at radius 2 is 2.25 bits per heavy atom. The van der Waals surface area contributed by atoms with Crippen molar-refractivity contribution in [2.45, 2.75) is 19.9 Å². The van der Waals surface area contributed by atoms with Crippen molar-refractivity contribution in [2.24, 2.45) is 0 Å². The van der Waals surface area contributed by atoms with E-state index in [9.17, 15) is 4.79 Å². The van der Waals surface area contributed by atoms with Gasteiger partial charge in [0.05, 0.1) is 6.61 Å². The minimum atomic E-state index is -0.360. The lowest BCUT2D eigenvalue weighted by Crippen LogP contribution is -2.28. The summed E-state index contributed by atoms with van der Waals surface area (Å²) in [6.07, 6.45) is 1.75. The van der Waals surface area contributed by atoms with Crippen molar-refractivity contribution in [3.05, 3.63) is 36.4 Å². The molecule has 0 fully saturated rings. The average Bonchev–Trinajstić information content (AvgIpc) is 2.30. The highest BCUT2D eigenvalue weighted by Crippen LogP contribution is 2.17. The summed E-state index contributed by atoms with van der Waals surface area (Å²) in [6.45, 7) is 7.69. The van der Waals surface area contributed by atoms with E-state index in [1.54, 1.807) is 19.9 Å². The molecule has 0 saturated carbocycles. The first-order valence-corrected chi connectivity index (χ1v) is 5.33. The van der Waals surface area contributed by atoms with Gasteiger partial charge in [0.1, 0.15) is 6.04 Å². The molecule has 0 aliphatic rings. The van der Waals surface area contributed by atoms with E-state index < -0.39 is 0 Å². The van der Waals surface area contributed by atoms with Crippen molar-refractivity contribution < 1.29 is 9.53 Å². The lowest BCUT2D eigenvalue weighted by molar-refractivity contribution is -0.143. The summed E-state index contributed by atoms with van der Waals surface area (Å²) in [5.74, 6) is -0.249. The van der Waals surface area contributed by atoms with Crippen LogP contribution in [0.25, 0.3) is 6.08 Å². The lowest BCUT2D eigenvalue weighted by Gasteiger charge is -2.15. The Morgan fingerprint density at radius 1 is 1.56 bits per heavy atom. The van der Waals surface area contributed by atoms with Gasteiger partial charge in [-0.15, -0.1) is 0 Å². The van der Waals surface area contributed by atoms with Crippen LogP contribution in [0, 0.1) is 0 Å². The van der Waals surface area contributed by atoms with Crippen molar-refractivity contribution in [1.82, 2.24) is 0 Å². The van der Waals surface area contributed by atoms with Crippen LogP contribution in [0.1, 0.15) is 19.4 Å². The number of para-hydroxylation sites is 1. The van der Waals surface area contributed by atoms with Crippen molar-refractivity contribution in [3.8, 4) is 0 Å². The second-order valence-corrected chi connectivity index (χ2v) is 3.41. The first kappa shape index (κ1) is 12.3. The molecule has 0 amide bonds. The van der Waals surface area contributed by atoms with Gasteiger partial charge in [0.25, 0.3) is 0 Å². The summed E-state index contributed by atoms with van der Waals surface area (Å²) in [5, 5.41) is 3.10. The second-order valence-electron chi connectivity index (χ2n) is 3.41. The van der Waals surface area contributed by atoms with Gasteiger partial charge < -0.3 is 10.1 Å². The molecule has 0 aliphatic heterocycles. The summed E-state index contributed by atoms with van der Waals surface area (Å²) in [7, 11) is 0. The highest BCUT2D eigenvalue weighted by atomic mass is 16.5. The third kappa shape index (κ3) is 3.12. The topological polar surface area (TPSA) is 38.3 Å². The Balaban J connectivity index is 2.72. The maximum atomic E-state index is 11.4. The number of esters is 1. The molecule has 1 N–H and O–H groups in total. The monoisotopic (exact) mass is 219 g/mol. The molecule has 0 aromatic heterocycles. The molecule has 1 atom stereocenters. The van der Waals surface area contributed by atoms with Crippen LogP contribution in [0.3, 0.4) is 0 Å². The molecule has 0 bridgehead atoms. The quantitative estimate of drug-likeness (QED) is 0.774. The summed E-state index contributed by atoms with van der Waals surface area (Å²) < 4.78 is 4.92. The summed E-state index contributed by atoms with van der Waals surface area (Å²) in [4.78, 5) is 11.4. The normalized spacial score (nSPS) is 11.6. The molecule has 0 aliphatic carbocycles. The number of hydrogen-bond donors (Lipinski definition) is 1. The highest BCUT2D eigenvalue weighted by Gasteiger charge is 2.13. The number of benzene rings is 1. The molecule has 0 radical (unpaired) electrons. The smallest absolute Gasteiger partial charge is 0.328 e. The first-order valence-electron chi connectivity index (χ1n) is 5.33. The van der Waals surface area contributed by atoms with E-state index >= 15 is 0 Å². The zero-order valence-electron chi connectivity index (χ0n) is 9.69. The maximum absolute atomic E-state index is 11.4. The predicted molar refractivity (Wildman–Crippen MR) is 66.3 cm³/mol. The maximum Gasteiger partial charge on any atom is 0.328 e. The van der Waals surface area contributed by atoms with E-state index in [1.165, 1.54) is 0 Å². The van der Waals surface area contributed by atoms with Gasteiger partial charge in [-0.2, -0.15) is 0 Å². The average molecular weight is 219 g/mol. The molecule has 0 saturated heterocycles. The molecule has 1 aromatic carbocycles. The van der Waals surface area contributed by atoms with Crippen LogP contribution in [0.2, 0.25) is 0 Å². The number of carbonyl (C=O) groups excluding carboxylic acids is 1. The minimum Gasteiger partial charge on any atom is -0.464 e. The van der Waals surface area contributed by atoms with Gasteiger partial charge in [0.15, 0.2) is 0 Å². The third-order valence-corrected chi connectivity index (χ3v) is 2.19. The predicted octanol–water partition coefficient (Wildman–Crippen LogP) is 2.69. The molecule has 1 aromatic rings. The zero-order chi connectivity index (χ0) is 12.0. The zero-order valence-corrected chi connectivity index (χ0v) is 9.69. The third-order valence-electron chi connectivity index (χ3n) is 2.19. The standard InChI is InChI=1S/C13H17NO2/c1-4-11-8-6-7-9-12(11)14-10(3)13(15)16-5-2/h4,6-10,14H,1,5H2,2-3H3. The number of anilines is 1. The van der Waals surface area contributed by atoms with E-state index in [0.29, 0.717) is 6.61 Å². The van der Waals surface area contributed by atoms with Gasteiger partial charge in [0, 0.05) is 5.69 Å². The molecule has 16 heavy (non-hydrogen) atoms. The SMILES string of the molecule is C=Cc1ccccc1NC(C)C(=O)OCC. The Labute approximate surface area is 96.1 Å². The van der Waals surface area contributed by atoms with Crippen LogP contribution in [0.4, 0.5) is 5.69 Å². The van der Waals surface area contributed by atoms with Crippen LogP contribution in [-0.2, 0) is 9.53 Å². The summed E-state index contributed by atoms with van der Waals surface area (Å²) in [5.41, 5.74) is 1.86. The molecule has 1 unspecified atom stereocenters. The minimum absolute atomic E-state index is 0.249. The molecule has 3 heteroatoms. The Morgan fingerprint density at radius 3 is 2.88 bits per heavy atom. The van der Waals surface area contributed by atoms with Crippen molar-refractivity contribution in [2.75, 3.05) is 11.9 Å². The number of ether oxygens (including phenoxy) is 1. The highest BCUT2D eigenvalue weighted by molar-refractivity contribution is 5.80. The van der Waals surface area contributed by atoms with Crippen LogP contribution in [-0.4, -0.2) is 18.6 Å². The van der Waals surface area contributed by atoms with Crippen LogP contribution >= 0.6 is 0 Å². The van der Waals surface area contributed by atoms with Crippen molar-refractivity contribution in [3.63, 3.8) is 0 Å². The molecule has 3 nitrogen and oxygen atoms in total. The first-order chi connectivity index (χ1) is 7.69. The molecule has 86 valence electrons. The number of carbonyl (C=O) groups is 1. The summed E-state index contributed by atoms with van der Waals surface area (Å²) >= 11 is 0. The number of rotatable bonds is 5. The van der Waals surface area contributed by atoms with E-state index in [-0.39, 0.29) is 12.0 Å². The Kier molecular flexibility index (Phi) is 4.58. The van der Waals surface area contributed by atoms with Gasteiger partial charge in [0.2, 0.25) is 0 Å². The molecular formula is C13H17NO2. The van der Waals surface area contributed by atoms with Crippen molar-refractivity contribution in [1.29, 1.82) is 0 Å². The van der Waals surface area contributed by atoms with E-state index in [4.69, 9.17) is 4.74 Å². The van der Waals surface area contributed by atoms with Crippen LogP contribution in [0.5, 0.6) is 0 Å². The van der Waals surface area contributed by atoms with Gasteiger partial charge in [-0.3, -0.25) is 0 Å². The van der Waals surface area contributed by atoms with Crippen molar-refractivity contribution >= 4 is 17.7 Å². The van der Waals surface area contributed by atoms with E-state index in [1.807, 2.05) is 24.3 Å². The van der Waals surface area contributed by atoms with E-state index in [0.717, 1.165) is 11.3 Å². The van der Waals surface area contributed by atoms with Gasteiger partial charge in [-0.1, -0.05) is 30.9 Å². The van der Waals surface area contributed by atoms with Crippen LogP contribution in [0.15, 0.2) is 30.8 Å². The summed E-state index contributed by atoms with van der Waals surface area (Å²) in [6, 6.07) is 7.32. The fraction of sp³-hybridized carbons (Fsp3) is 0.308. The van der Waals surface area contributed by atoms with Crippen LogP contribution < -0.4 is 5.32 Å². The fourth-order valence-electron chi connectivity index (χ4n) is 1.37. The molecular weight excluding hydrogens is 202 g/mol. The number of nitrogens with one attached hydrogen (secondary N) is 1. The second kappa shape index (κ2) is 5.95. The van der Waals surface area contributed by atoms with Gasteiger partial charge >= 0.3 is 5.97 Å². The Hall–Kier alpha value is -1.77. The van der Waals surface area contributed by atoms with Gasteiger partial charge in [-0.05, 0) is 25.5 Å². The largest absolute Gasteiger partial charge is 0.464 e. The van der Waals surface area contributed by atoms with Gasteiger partial charge in [-0.25, -0.2) is 4.79 Å².